The number of alkyl halides is 3. The summed E-state index contributed by atoms with van der Waals surface area (Å²) < 4.78 is 38.7. The van der Waals surface area contributed by atoms with Gasteiger partial charge in [0, 0.05) is 0 Å². The molecule has 1 unspecified atom stereocenters. The van der Waals surface area contributed by atoms with Crippen molar-refractivity contribution >= 4 is 28.7 Å². The summed E-state index contributed by atoms with van der Waals surface area (Å²) in [7, 11) is 0. The molecule has 1 heterocycles. The van der Waals surface area contributed by atoms with Crippen LogP contribution in [0.15, 0.2) is 23.1 Å². The van der Waals surface area contributed by atoms with E-state index in [9.17, 15) is 27.9 Å². The second-order valence-electron chi connectivity index (χ2n) is 6.84. The fourth-order valence-corrected chi connectivity index (χ4v) is 3.83. The van der Waals surface area contributed by atoms with Crippen LogP contribution in [0.4, 0.5) is 13.2 Å². The minimum absolute atomic E-state index is 0.119. The molecule has 1 saturated heterocycles. The van der Waals surface area contributed by atoms with Crippen molar-refractivity contribution in [1.29, 1.82) is 0 Å². The van der Waals surface area contributed by atoms with Gasteiger partial charge in [-0.1, -0.05) is 39.7 Å². The molecule has 1 aliphatic rings. The van der Waals surface area contributed by atoms with Crippen molar-refractivity contribution in [1.82, 2.24) is 0 Å². The van der Waals surface area contributed by atoms with Gasteiger partial charge in [0.05, 0.1) is 16.4 Å². The summed E-state index contributed by atoms with van der Waals surface area (Å²) in [4.78, 5) is 25.0. The molecule has 0 bridgehead atoms. The molecule has 0 radical (unpaired) electrons. The molecular weight excluding hydrogens is 365 g/mol. The van der Waals surface area contributed by atoms with Crippen molar-refractivity contribution < 1.29 is 27.9 Å². The van der Waals surface area contributed by atoms with Crippen LogP contribution >= 0.6 is 11.8 Å². The lowest BCUT2D eigenvalue weighted by molar-refractivity contribution is -0.138. The Labute approximate surface area is 154 Å². The van der Waals surface area contributed by atoms with E-state index in [1.807, 2.05) is 20.8 Å². The number of allylic oxidation sites excluding steroid dienone is 1. The first-order valence-electron chi connectivity index (χ1n) is 8.38. The topological polar surface area (TPSA) is 54.4 Å². The van der Waals surface area contributed by atoms with E-state index < -0.39 is 23.4 Å². The van der Waals surface area contributed by atoms with E-state index in [1.54, 1.807) is 0 Å². The third-order valence-corrected chi connectivity index (χ3v) is 6.11. The molecule has 3 nitrogen and oxygen atoms in total. The lowest BCUT2D eigenvalue weighted by Gasteiger charge is -2.28. The first-order valence-corrected chi connectivity index (χ1v) is 9.20. The molecule has 1 atom stereocenters. The lowest BCUT2D eigenvalue weighted by atomic mass is 9.76. The van der Waals surface area contributed by atoms with Crippen LogP contribution in [-0.2, 0) is 15.8 Å². The number of phenols is 1. The van der Waals surface area contributed by atoms with Crippen molar-refractivity contribution in [3.05, 3.63) is 34.2 Å². The summed E-state index contributed by atoms with van der Waals surface area (Å²) in [6, 6.07) is 2.99. The van der Waals surface area contributed by atoms with Gasteiger partial charge in [-0.25, -0.2) is 0 Å². The van der Waals surface area contributed by atoms with Crippen LogP contribution in [0.5, 0.6) is 5.75 Å². The summed E-state index contributed by atoms with van der Waals surface area (Å²) >= 11 is 0.785. The second kappa shape index (κ2) is 7.47. The first-order chi connectivity index (χ1) is 12.0. The predicted molar refractivity (Wildman–Crippen MR) is 95.5 cm³/mol. The number of phenolic OH excluding ortho intramolecular Hbond substituents is 1. The average Bonchev–Trinajstić information content (AvgIpc) is 2.82. The number of carbonyl (C=O) groups is 2. The highest BCUT2D eigenvalue weighted by molar-refractivity contribution is 8.18. The molecule has 7 heteroatoms. The maximum atomic E-state index is 12.9. The Kier molecular flexibility index (Phi) is 5.90. The van der Waals surface area contributed by atoms with E-state index in [0.717, 1.165) is 36.7 Å². The van der Waals surface area contributed by atoms with Gasteiger partial charge in [-0.2, -0.15) is 13.2 Å². The highest BCUT2D eigenvalue weighted by atomic mass is 32.2. The van der Waals surface area contributed by atoms with E-state index in [2.05, 4.69) is 0 Å². The fraction of sp³-hybridized carbons (Fsp3) is 0.474. The summed E-state index contributed by atoms with van der Waals surface area (Å²) in [5, 5.41) is 9.12. The summed E-state index contributed by atoms with van der Waals surface area (Å²) in [6.45, 7) is 6.04. The molecule has 0 amide bonds. The molecule has 142 valence electrons. The molecule has 1 aromatic carbocycles. The largest absolute Gasteiger partial charge is 0.507 e. The Morgan fingerprint density at radius 1 is 1.19 bits per heavy atom. The van der Waals surface area contributed by atoms with E-state index >= 15 is 0 Å². The highest BCUT2D eigenvalue weighted by Crippen LogP contribution is 2.43. The third-order valence-electron chi connectivity index (χ3n) is 5.08. The molecule has 1 N–H and O–H groups in total. The van der Waals surface area contributed by atoms with E-state index in [-0.39, 0.29) is 26.8 Å². The molecule has 0 saturated carbocycles. The monoisotopic (exact) mass is 386 g/mol. The van der Waals surface area contributed by atoms with E-state index in [0.29, 0.717) is 6.42 Å². The molecule has 2 rings (SSSR count). The number of halogens is 3. The van der Waals surface area contributed by atoms with Crippen molar-refractivity contribution in [2.45, 2.75) is 46.2 Å². The minimum Gasteiger partial charge on any atom is -0.507 e. The number of benzene rings is 1. The van der Waals surface area contributed by atoms with Gasteiger partial charge in [-0.3, -0.25) is 9.59 Å². The Morgan fingerprint density at radius 3 is 2.35 bits per heavy atom. The number of thioether (sulfide) groups is 1. The van der Waals surface area contributed by atoms with Gasteiger partial charge in [0.2, 0.25) is 5.12 Å². The quantitative estimate of drug-likeness (QED) is 0.542. The Balaban J connectivity index is 2.31. The summed E-state index contributed by atoms with van der Waals surface area (Å²) in [5.74, 6) is -1.97. The molecule has 1 aliphatic heterocycles. The molecule has 1 fully saturated rings. The van der Waals surface area contributed by atoms with Crippen LogP contribution in [-0.4, -0.2) is 16.0 Å². The Morgan fingerprint density at radius 2 is 1.81 bits per heavy atom. The fourth-order valence-electron chi connectivity index (χ4n) is 2.84. The number of carbonyl (C=O) groups excluding carboxylic acids is 2. The van der Waals surface area contributed by atoms with Crippen LogP contribution in [0.2, 0.25) is 0 Å². The molecule has 0 aliphatic carbocycles. The SMILES string of the molecule is CCC(C)(CC)CC1C(=O)S/C(=C/c2ccc(O)c(C(F)(F)F)c2)C1=O. The van der Waals surface area contributed by atoms with Crippen LogP contribution < -0.4 is 0 Å². The Hall–Kier alpha value is -1.76. The van der Waals surface area contributed by atoms with E-state index in [4.69, 9.17) is 0 Å². The van der Waals surface area contributed by atoms with E-state index in [1.165, 1.54) is 12.1 Å². The second-order valence-corrected chi connectivity index (χ2v) is 7.89. The third kappa shape index (κ3) is 4.31. The lowest BCUT2D eigenvalue weighted by Crippen LogP contribution is -2.25. The van der Waals surface area contributed by atoms with Gasteiger partial charge in [-0.05, 0) is 47.4 Å². The van der Waals surface area contributed by atoms with Crippen LogP contribution in [0.3, 0.4) is 0 Å². The van der Waals surface area contributed by atoms with Gasteiger partial charge in [0.15, 0.2) is 5.78 Å². The maximum Gasteiger partial charge on any atom is 0.419 e. The number of rotatable bonds is 5. The Bertz CT molecular complexity index is 749. The molecule has 0 spiro atoms. The molecule has 1 aromatic rings. The zero-order valence-corrected chi connectivity index (χ0v) is 15.6. The van der Waals surface area contributed by atoms with Gasteiger partial charge in [0.1, 0.15) is 5.75 Å². The molecule has 26 heavy (non-hydrogen) atoms. The summed E-state index contributed by atoms with van der Waals surface area (Å²) in [6.07, 6.45) is -1.32. The van der Waals surface area contributed by atoms with Crippen molar-refractivity contribution in [2.24, 2.45) is 11.3 Å². The standard InChI is InChI=1S/C19H21F3O3S/c1-4-18(3,5-2)10-12-16(24)15(26-17(12)25)9-11-6-7-14(23)13(8-11)19(20,21)22/h6-9,12,23H,4-5,10H2,1-3H3/b15-9+. The van der Waals surface area contributed by atoms with Crippen molar-refractivity contribution in [3.63, 3.8) is 0 Å². The smallest absolute Gasteiger partial charge is 0.419 e. The number of hydrogen-bond acceptors (Lipinski definition) is 4. The number of Topliss-reactive ketones (excluding diaryl/α,β-unsaturated/α-hetero) is 1. The predicted octanol–water partition coefficient (Wildman–Crippen LogP) is 5.43. The highest BCUT2D eigenvalue weighted by Gasteiger charge is 2.41. The average molecular weight is 386 g/mol. The van der Waals surface area contributed by atoms with Gasteiger partial charge < -0.3 is 5.11 Å². The maximum absolute atomic E-state index is 12.9. The van der Waals surface area contributed by atoms with Gasteiger partial charge in [0.25, 0.3) is 0 Å². The first kappa shape index (κ1) is 20.6. The van der Waals surface area contributed by atoms with Crippen LogP contribution in [0, 0.1) is 11.3 Å². The van der Waals surface area contributed by atoms with Crippen LogP contribution in [0.1, 0.15) is 51.2 Å². The molecular formula is C19H21F3O3S. The number of hydrogen-bond donors (Lipinski definition) is 1. The van der Waals surface area contributed by atoms with Crippen LogP contribution in [0.25, 0.3) is 6.08 Å². The van der Waals surface area contributed by atoms with Crippen molar-refractivity contribution in [2.75, 3.05) is 0 Å². The van der Waals surface area contributed by atoms with Gasteiger partial charge >= 0.3 is 6.18 Å². The minimum atomic E-state index is -4.70. The number of ketones is 1. The molecule has 0 aromatic heterocycles. The number of aromatic hydroxyl groups is 1. The summed E-state index contributed by atoms with van der Waals surface area (Å²) in [5.41, 5.74) is -1.18. The zero-order chi connectivity index (χ0) is 19.7. The zero-order valence-electron chi connectivity index (χ0n) is 14.8. The normalized spacial score (nSPS) is 20.2. The van der Waals surface area contributed by atoms with Crippen molar-refractivity contribution in [3.8, 4) is 5.75 Å². The van der Waals surface area contributed by atoms with Gasteiger partial charge in [-0.15, -0.1) is 0 Å².